The molecule has 0 unspecified atom stereocenters. The van der Waals surface area contributed by atoms with Gasteiger partial charge in [0.1, 0.15) is 5.69 Å². The SMILES string of the molecule is Cc1ccc(NC(=O)c2cc(C(=O)Nc3cccc(Cl)c3C)ccn2)cc1. The first kappa shape index (κ1) is 18.6. The van der Waals surface area contributed by atoms with Crippen molar-refractivity contribution in [2.24, 2.45) is 0 Å². The fourth-order valence-electron chi connectivity index (χ4n) is 2.47. The van der Waals surface area contributed by atoms with Gasteiger partial charge in [-0.1, -0.05) is 35.4 Å². The van der Waals surface area contributed by atoms with Gasteiger partial charge in [0.2, 0.25) is 0 Å². The van der Waals surface area contributed by atoms with E-state index in [9.17, 15) is 9.59 Å². The number of hydrogen-bond acceptors (Lipinski definition) is 3. The fourth-order valence-corrected chi connectivity index (χ4v) is 2.64. The minimum Gasteiger partial charge on any atom is -0.322 e. The summed E-state index contributed by atoms with van der Waals surface area (Å²) in [4.78, 5) is 29.0. The van der Waals surface area contributed by atoms with Gasteiger partial charge in [-0.25, -0.2) is 0 Å². The van der Waals surface area contributed by atoms with Crippen LogP contribution in [0.2, 0.25) is 5.02 Å². The highest BCUT2D eigenvalue weighted by atomic mass is 35.5. The summed E-state index contributed by atoms with van der Waals surface area (Å²) in [6, 6.07) is 15.7. The van der Waals surface area contributed by atoms with Crippen molar-refractivity contribution < 1.29 is 9.59 Å². The number of anilines is 2. The Hall–Kier alpha value is -3.18. The summed E-state index contributed by atoms with van der Waals surface area (Å²) in [5, 5.41) is 6.14. The topological polar surface area (TPSA) is 71.1 Å². The molecule has 0 atom stereocenters. The minimum atomic E-state index is -0.382. The lowest BCUT2D eigenvalue weighted by Crippen LogP contribution is -2.17. The van der Waals surface area contributed by atoms with Crippen LogP contribution < -0.4 is 10.6 Å². The van der Waals surface area contributed by atoms with Crippen LogP contribution in [0.1, 0.15) is 32.0 Å². The average Bonchev–Trinajstić information content (AvgIpc) is 2.67. The normalized spacial score (nSPS) is 10.3. The number of benzene rings is 2. The molecule has 0 aliphatic carbocycles. The maximum absolute atomic E-state index is 12.5. The predicted molar refractivity (Wildman–Crippen MR) is 108 cm³/mol. The van der Waals surface area contributed by atoms with Crippen molar-refractivity contribution in [3.8, 4) is 0 Å². The van der Waals surface area contributed by atoms with Gasteiger partial charge in [-0.15, -0.1) is 0 Å². The highest BCUT2D eigenvalue weighted by molar-refractivity contribution is 6.31. The van der Waals surface area contributed by atoms with Gasteiger partial charge in [0, 0.05) is 28.2 Å². The molecular weight excluding hydrogens is 362 g/mol. The zero-order chi connectivity index (χ0) is 19.4. The number of pyridine rings is 1. The van der Waals surface area contributed by atoms with Gasteiger partial charge in [0.05, 0.1) is 0 Å². The van der Waals surface area contributed by atoms with Crippen molar-refractivity contribution in [1.29, 1.82) is 0 Å². The lowest BCUT2D eigenvalue weighted by molar-refractivity contribution is 0.102. The van der Waals surface area contributed by atoms with E-state index in [-0.39, 0.29) is 17.5 Å². The largest absolute Gasteiger partial charge is 0.322 e. The molecule has 0 saturated carbocycles. The van der Waals surface area contributed by atoms with E-state index in [0.29, 0.717) is 22.0 Å². The second kappa shape index (κ2) is 8.01. The third kappa shape index (κ3) is 4.51. The van der Waals surface area contributed by atoms with E-state index in [1.807, 2.05) is 38.1 Å². The second-order valence-electron chi connectivity index (χ2n) is 6.12. The van der Waals surface area contributed by atoms with Crippen LogP contribution in [0.3, 0.4) is 0 Å². The summed E-state index contributed by atoms with van der Waals surface area (Å²) < 4.78 is 0. The van der Waals surface area contributed by atoms with E-state index < -0.39 is 0 Å². The van der Waals surface area contributed by atoms with E-state index >= 15 is 0 Å². The Morgan fingerprint density at radius 2 is 1.67 bits per heavy atom. The van der Waals surface area contributed by atoms with Gasteiger partial charge in [-0.3, -0.25) is 14.6 Å². The molecule has 0 radical (unpaired) electrons. The van der Waals surface area contributed by atoms with E-state index in [0.717, 1.165) is 11.1 Å². The van der Waals surface area contributed by atoms with E-state index in [1.54, 1.807) is 24.3 Å². The first-order valence-electron chi connectivity index (χ1n) is 8.34. The van der Waals surface area contributed by atoms with E-state index in [2.05, 4.69) is 15.6 Å². The lowest BCUT2D eigenvalue weighted by atomic mass is 10.1. The molecule has 2 amide bonds. The van der Waals surface area contributed by atoms with Crippen LogP contribution in [0.15, 0.2) is 60.8 Å². The third-order valence-electron chi connectivity index (χ3n) is 4.08. The molecule has 0 bridgehead atoms. The average molecular weight is 380 g/mol. The Labute approximate surface area is 162 Å². The molecule has 1 aromatic heterocycles. The number of carbonyl (C=O) groups is 2. The molecule has 5 nitrogen and oxygen atoms in total. The van der Waals surface area contributed by atoms with Gasteiger partial charge in [-0.05, 0) is 55.8 Å². The molecule has 0 aliphatic rings. The summed E-state index contributed by atoms with van der Waals surface area (Å²) >= 11 is 6.08. The molecule has 3 aromatic rings. The number of carbonyl (C=O) groups excluding carboxylic acids is 2. The lowest BCUT2D eigenvalue weighted by Gasteiger charge is -2.10. The monoisotopic (exact) mass is 379 g/mol. The van der Waals surface area contributed by atoms with Crippen LogP contribution >= 0.6 is 11.6 Å². The first-order valence-corrected chi connectivity index (χ1v) is 8.72. The minimum absolute atomic E-state index is 0.158. The summed E-state index contributed by atoms with van der Waals surface area (Å²) in [7, 11) is 0. The fraction of sp³-hybridized carbons (Fsp3) is 0.0952. The highest BCUT2D eigenvalue weighted by Gasteiger charge is 2.13. The quantitative estimate of drug-likeness (QED) is 0.680. The summed E-state index contributed by atoms with van der Waals surface area (Å²) in [6.45, 7) is 3.79. The van der Waals surface area contributed by atoms with Gasteiger partial charge in [0.25, 0.3) is 11.8 Å². The Morgan fingerprint density at radius 1 is 0.926 bits per heavy atom. The third-order valence-corrected chi connectivity index (χ3v) is 4.49. The molecule has 0 spiro atoms. The number of rotatable bonds is 4. The van der Waals surface area contributed by atoms with Gasteiger partial charge >= 0.3 is 0 Å². The molecule has 2 N–H and O–H groups in total. The van der Waals surface area contributed by atoms with Crippen LogP contribution in [0.25, 0.3) is 0 Å². The molecule has 1 heterocycles. The summed E-state index contributed by atoms with van der Waals surface area (Å²) in [5.41, 5.74) is 3.65. The number of nitrogens with zero attached hydrogens (tertiary/aromatic N) is 1. The van der Waals surface area contributed by atoms with Gasteiger partial charge < -0.3 is 10.6 Å². The number of aryl methyl sites for hydroxylation is 1. The van der Waals surface area contributed by atoms with E-state index in [1.165, 1.54) is 12.3 Å². The molecule has 0 aliphatic heterocycles. The Morgan fingerprint density at radius 3 is 2.41 bits per heavy atom. The van der Waals surface area contributed by atoms with Crippen molar-refractivity contribution >= 4 is 34.8 Å². The Kier molecular flexibility index (Phi) is 5.52. The maximum Gasteiger partial charge on any atom is 0.274 e. The number of halogens is 1. The van der Waals surface area contributed by atoms with Crippen molar-refractivity contribution in [2.45, 2.75) is 13.8 Å². The number of hydrogen-bond donors (Lipinski definition) is 2. The Bertz CT molecular complexity index is 1000. The molecule has 2 aromatic carbocycles. The molecule has 27 heavy (non-hydrogen) atoms. The molecule has 3 rings (SSSR count). The molecule has 0 fully saturated rings. The van der Waals surface area contributed by atoms with Crippen LogP contribution in [0.4, 0.5) is 11.4 Å². The first-order chi connectivity index (χ1) is 12.9. The van der Waals surface area contributed by atoms with Gasteiger partial charge in [0.15, 0.2) is 0 Å². The zero-order valence-corrected chi connectivity index (χ0v) is 15.7. The summed E-state index contributed by atoms with van der Waals surface area (Å²) in [6.07, 6.45) is 1.43. The maximum atomic E-state index is 12.5. The molecule has 6 heteroatoms. The number of amides is 2. The van der Waals surface area contributed by atoms with Crippen molar-refractivity contribution in [3.05, 3.63) is 88.2 Å². The highest BCUT2D eigenvalue weighted by Crippen LogP contribution is 2.23. The second-order valence-corrected chi connectivity index (χ2v) is 6.52. The smallest absolute Gasteiger partial charge is 0.274 e. The van der Waals surface area contributed by atoms with Crippen LogP contribution in [0.5, 0.6) is 0 Å². The van der Waals surface area contributed by atoms with Crippen molar-refractivity contribution in [3.63, 3.8) is 0 Å². The number of aromatic nitrogens is 1. The van der Waals surface area contributed by atoms with Crippen molar-refractivity contribution in [1.82, 2.24) is 4.98 Å². The van der Waals surface area contributed by atoms with Gasteiger partial charge in [-0.2, -0.15) is 0 Å². The van der Waals surface area contributed by atoms with E-state index in [4.69, 9.17) is 11.6 Å². The standard InChI is InChI=1S/C21H18ClN3O2/c1-13-6-8-16(9-7-13)24-21(27)19-12-15(10-11-23-19)20(26)25-18-5-3-4-17(22)14(18)2/h3-12H,1-2H3,(H,24,27)(H,25,26). The molecular formula is C21H18ClN3O2. The van der Waals surface area contributed by atoms with Crippen LogP contribution in [-0.2, 0) is 0 Å². The Balaban J connectivity index is 1.76. The summed E-state index contributed by atoms with van der Waals surface area (Å²) in [5.74, 6) is -0.723. The predicted octanol–water partition coefficient (Wildman–Crippen LogP) is 4.86. The molecule has 0 saturated heterocycles. The van der Waals surface area contributed by atoms with Crippen LogP contribution in [-0.4, -0.2) is 16.8 Å². The zero-order valence-electron chi connectivity index (χ0n) is 14.9. The van der Waals surface area contributed by atoms with Crippen LogP contribution in [0, 0.1) is 13.8 Å². The molecule has 136 valence electrons. The number of nitrogens with one attached hydrogen (secondary N) is 2. The van der Waals surface area contributed by atoms with Crippen molar-refractivity contribution in [2.75, 3.05) is 10.6 Å².